The first-order valence-electron chi connectivity index (χ1n) is 8.88. The topological polar surface area (TPSA) is 54.0 Å². The van der Waals surface area contributed by atoms with Gasteiger partial charge in [-0.15, -0.1) is 0 Å². The van der Waals surface area contributed by atoms with E-state index in [9.17, 15) is 4.79 Å². The first-order valence-corrected chi connectivity index (χ1v) is 8.88. The van der Waals surface area contributed by atoms with Crippen molar-refractivity contribution in [2.45, 2.75) is 6.04 Å². The Morgan fingerprint density at radius 2 is 1.63 bits per heavy atom. The van der Waals surface area contributed by atoms with Gasteiger partial charge in [-0.3, -0.25) is 4.79 Å². The average molecular weight is 371 g/mol. The lowest BCUT2D eigenvalue weighted by atomic mass is 10.1. The van der Waals surface area contributed by atoms with Crippen molar-refractivity contribution in [2.75, 3.05) is 53.4 Å². The molecular formula is C21H29N3O3. The van der Waals surface area contributed by atoms with Gasteiger partial charge in [0, 0.05) is 26.3 Å². The lowest BCUT2D eigenvalue weighted by Gasteiger charge is -2.26. The SMILES string of the molecule is COc1ccccc1OCC(=O)NCC(c1ccc(N(C)C)cc1)N(C)C. The van der Waals surface area contributed by atoms with E-state index in [1.165, 1.54) is 0 Å². The van der Waals surface area contributed by atoms with Gasteiger partial charge in [-0.05, 0) is 43.9 Å². The quantitative estimate of drug-likeness (QED) is 0.734. The number of hydrogen-bond acceptors (Lipinski definition) is 5. The summed E-state index contributed by atoms with van der Waals surface area (Å²) in [7, 11) is 9.61. The standard InChI is InChI=1S/C21H29N3O3/c1-23(2)17-12-10-16(11-13-17)18(24(3)4)14-22-21(25)15-27-20-9-7-6-8-19(20)26-5/h6-13,18H,14-15H2,1-5H3,(H,22,25). The Kier molecular flexibility index (Phi) is 7.49. The third-order valence-electron chi connectivity index (χ3n) is 4.34. The van der Waals surface area contributed by atoms with Crippen LogP contribution in [0.1, 0.15) is 11.6 Å². The van der Waals surface area contributed by atoms with Crippen molar-refractivity contribution in [3.8, 4) is 11.5 Å². The third-order valence-corrected chi connectivity index (χ3v) is 4.34. The number of benzene rings is 2. The number of anilines is 1. The zero-order chi connectivity index (χ0) is 19.8. The molecule has 1 N–H and O–H groups in total. The molecule has 0 saturated carbocycles. The molecule has 1 amide bonds. The van der Waals surface area contributed by atoms with Gasteiger partial charge < -0.3 is 24.6 Å². The van der Waals surface area contributed by atoms with E-state index in [4.69, 9.17) is 9.47 Å². The fraction of sp³-hybridized carbons (Fsp3) is 0.381. The number of likely N-dealkylation sites (N-methyl/N-ethyl adjacent to an activating group) is 1. The van der Waals surface area contributed by atoms with Crippen LogP contribution in [0.5, 0.6) is 11.5 Å². The molecule has 0 aliphatic rings. The number of para-hydroxylation sites is 2. The molecule has 0 radical (unpaired) electrons. The minimum atomic E-state index is -0.169. The van der Waals surface area contributed by atoms with Gasteiger partial charge in [0.05, 0.1) is 13.2 Å². The number of nitrogens with zero attached hydrogens (tertiary/aromatic N) is 2. The highest BCUT2D eigenvalue weighted by Gasteiger charge is 2.16. The van der Waals surface area contributed by atoms with Crippen LogP contribution in [0, 0.1) is 0 Å². The number of nitrogens with one attached hydrogen (secondary N) is 1. The van der Waals surface area contributed by atoms with Gasteiger partial charge in [0.1, 0.15) is 0 Å². The van der Waals surface area contributed by atoms with Crippen molar-refractivity contribution in [3.63, 3.8) is 0 Å². The minimum Gasteiger partial charge on any atom is -0.493 e. The van der Waals surface area contributed by atoms with Crippen molar-refractivity contribution in [3.05, 3.63) is 54.1 Å². The summed E-state index contributed by atoms with van der Waals surface area (Å²) in [5.41, 5.74) is 2.29. The zero-order valence-electron chi connectivity index (χ0n) is 16.7. The molecule has 0 aromatic heterocycles. The average Bonchev–Trinajstić information content (AvgIpc) is 2.66. The maximum Gasteiger partial charge on any atom is 0.258 e. The monoisotopic (exact) mass is 371 g/mol. The van der Waals surface area contributed by atoms with Crippen molar-refractivity contribution >= 4 is 11.6 Å². The highest BCUT2D eigenvalue weighted by molar-refractivity contribution is 5.77. The number of carbonyl (C=O) groups is 1. The van der Waals surface area contributed by atoms with Crippen LogP contribution in [0.4, 0.5) is 5.69 Å². The summed E-state index contributed by atoms with van der Waals surface area (Å²) in [5, 5.41) is 2.95. The largest absolute Gasteiger partial charge is 0.493 e. The van der Waals surface area contributed by atoms with Crippen molar-refractivity contribution in [1.29, 1.82) is 0 Å². The van der Waals surface area contributed by atoms with Gasteiger partial charge in [0.25, 0.3) is 5.91 Å². The van der Waals surface area contributed by atoms with E-state index in [1.807, 2.05) is 40.3 Å². The summed E-state index contributed by atoms with van der Waals surface area (Å²) in [6, 6.07) is 15.7. The molecule has 0 fully saturated rings. The lowest BCUT2D eigenvalue weighted by Crippen LogP contribution is -2.36. The van der Waals surface area contributed by atoms with Crippen molar-refractivity contribution in [1.82, 2.24) is 10.2 Å². The van der Waals surface area contributed by atoms with Crippen molar-refractivity contribution in [2.24, 2.45) is 0 Å². The number of hydrogen-bond donors (Lipinski definition) is 1. The summed E-state index contributed by atoms with van der Waals surface area (Å²) in [6.07, 6.45) is 0. The normalized spacial score (nSPS) is 11.8. The predicted octanol–water partition coefficient (Wildman–Crippen LogP) is 2.56. The van der Waals surface area contributed by atoms with Gasteiger partial charge in [-0.1, -0.05) is 24.3 Å². The number of ether oxygens (including phenoxy) is 2. The van der Waals surface area contributed by atoms with Gasteiger partial charge in [0.15, 0.2) is 18.1 Å². The van der Waals surface area contributed by atoms with E-state index in [2.05, 4.69) is 39.4 Å². The van der Waals surface area contributed by atoms with E-state index in [-0.39, 0.29) is 18.6 Å². The molecule has 0 bridgehead atoms. The van der Waals surface area contributed by atoms with Gasteiger partial charge in [0.2, 0.25) is 0 Å². The molecule has 0 spiro atoms. The molecule has 6 nitrogen and oxygen atoms in total. The van der Waals surface area contributed by atoms with E-state index in [0.717, 1.165) is 11.3 Å². The van der Waals surface area contributed by atoms with Crippen LogP contribution in [-0.2, 0) is 4.79 Å². The fourth-order valence-electron chi connectivity index (χ4n) is 2.74. The van der Waals surface area contributed by atoms with Gasteiger partial charge in [-0.2, -0.15) is 0 Å². The van der Waals surface area contributed by atoms with Crippen LogP contribution in [0.3, 0.4) is 0 Å². The fourth-order valence-corrected chi connectivity index (χ4v) is 2.74. The maximum absolute atomic E-state index is 12.2. The minimum absolute atomic E-state index is 0.0555. The third kappa shape index (κ3) is 5.89. The molecule has 2 rings (SSSR count). The summed E-state index contributed by atoms with van der Waals surface area (Å²) < 4.78 is 10.8. The summed E-state index contributed by atoms with van der Waals surface area (Å²) in [6.45, 7) is 0.447. The highest BCUT2D eigenvalue weighted by Crippen LogP contribution is 2.25. The molecule has 1 atom stereocenters. The smallest absolute Gasteiger partial charge is 0.258 e. The molecule has 0 saturated heterocycles. The van der Waals surface area contributed by atoms with Crippen LogP contribution in [0.15, 0.2) is 48.5 Å². The Bertz CT molecular complexity index is 730. The first-order chi connectivity index (χ1) is 12.9. The van der Waals surface area contributed by atoms with Crippen LogP contribution in [0.25, 0.3) is 0 Å². The Morgan fingerprint density at radius 3 is 2.19 bits per heavy atom. The Hall–Kier alpha value is -2.73. The van der Waals surface area contributed by atoms with Crippen LogP contribution < -0.4 is 19.7 Å². The number of carbonyl (C=O) groups excluding carboxylic acids is 1. The molecule has 0 heterocycles. The molecule has 0 aliphatic heterocycles. The van der Waals surface area contributed by atoms with E-state index < -0.39 is 0 Å². The first kappa shape index (κ1) is 20.6. The molecule has 27 heavy (non-hydrogen) atoms. The van der Waals surface area contributed by atoms with Crippen LogP contribution >= 0.6 is 0 Å². The second-order valence-corrected chi connectivity index (χ2v) is 6.71. The molecule has 146 valence electrons. The summed E-state index contributed by atoms with van der Waals surface area (Å²) in [5.74, 6) is 0.994. The Morgan fingerprint density at radius 1 is 1.00 bits per heavy atom. The predicted molar refractivity (Wildman–Crippen MR) is 109 cm³/mol. The zero-order valence-corrected chi connectivity index (χ0v) is 16.7. The molecule has 0 aliphatic carbocycles. The number of amides is 1. The second kappa shape index (κ2) is 9.83. The van der Waals surface area contributed by atoms with Crippen LogP contribution in [0.2, 0.25) is 0 Å². The van der Waals surface area contributed by atoms with Gasteiger partial charge in [-0.25, -0.2) is 0 Å². The van der Waals surface area contributed by atoms with Crippen LogP contribution in [-0.4, -0.2) is 59.3 Å². The maximum atomic E-state index is 12.2. The highest BCUT2D eigenvalue weighted by atomic mass is 16.5. The second-order valence-electron chi connectivity index (χ2n) is 6.71. The Balaban J connectivity index is 1.92. The molecule has 1 unspecified atom stereocenters. The van der Waals surface area contributed by atoms with E-state index in [0.29, 0.717) is 18.0 Å². The molecular weight excluding hydrogens is 342 g/mol. The summed E-state index contributed by atoms with van der Waals surface area (Å²) >= 11 is 0. The molecule has 6 heteroatoms. The lowest BCUT2D eigenvalue weighted by molar-refractivity contribution is -0.123. The molecule has 2 aromatic carbocycles. The number of rotatable bonds is 9. The molecule has 2 aromatic rings. The Labute approximate surface area is 161 Å². The van der Waals surface area contributed by atoms with E-state index in [1.54, 1.807) is 19.2 Å². The summed E-state index contributed by atoms with van der Waals surface area (Å²) in [4.78, 5) is 16.4. The van der Waals surface area contributed by atoms with E-state index >= 15 is 0 Å². The van der Waals surface area contributed by atoms with Gasteiger partial charge >= 0.3 is 0 Å². The van der Waals surface area contributed by atoms with Crippen molar-refractivity contribution < 1.29 is 14.3 Å². The number of methoxy groups -OCH3 is 1.